The first-order valence-electron chi connectivity index (χ1n) is 6.83. The molecule has 108 valence electrons. The van der Waals surface area contributed by atoms with Gasteiger partial charge in [0, 0.05) is 29.9 Å². The average Bonchev–Trinajstić information content (AvgIpc) is 2.59. The lowest BCUT2D eigenvalue weighted by Crippen LogP contribution is -2.02. The molecule has 3 aromatic rings. The van der Waals surface area contributed by atoms with Gasteiger partial charge >= 0.3 is 0 Å². The Morgan fingerprint density at radius 3 is 2.82 bits per heavy atom. The number of hydrogen-bond acceptors (Lipinski definition) is 5. The third-order valence-corrected chi connectivity index (χ3v) is 3.32. The van der Waals surface area contributed by atoms with Crippen molar-refractivity contribution < 1.29 is 4.74 Å². The Kier molecular flexibility index (Phi) is 3.84. The summed E-state index contributed by atoms with van der Waals surface area (Å²) in [7, 11) is 1.59. The highest BCUT2D eigenvalue weighted by atomic mass is 16.5. The highest BCUT2D eigenvalue weighted by molar-refractivity contribution is 5.91. The molecule has 0 saturated heterocycles. The third kappa shape index (κ3) is 2.81. The molecule has 0 aliphatic heterocycles. The van der Waals surface area contributed by atoms with Gasteiger partial charge in [0.05, 0.1) is 12.6 Å². The number of nitriles is 1. The summed E-state index contributed by atoms with van der Waals surface area (Å²) in [6.07, 6.45) is 1.76. The molecule has 0 spiro atoms. The number of nitrogens with zero attached hydrogens (tertiary/aromatic N) is 3. The number of hydrogen-bond donors (Lipinski definition) is 1. The second-order valence-electron chi connectivity index (χ2n) is 4.75. The van der Waals surface area contributed by atoms with E-state index in [4.69, 9.17) is 10.00 Å². The molecule has 1 N–H and O–H groups in total. The van der Waals surface area contributed by atoms with Crippen LogP contribution in [0.2, 0.25) is 0 Å². The van der Waals surface area contributed by atoms with Crippen molar-refractivity contribution in [2.24, 2.45) is 0 Å². The lowest BCUT2D eigenvalue weighted by Gasteiger charge is -2.10. The monoisotopic (exact) mass is 290 g/mol. The normalized spacial score (nSPS) is 10.2. The van der Waals surface area contributed by atoms with E-state index in [1.165, 1.54) is 0 Å². The molecule has 0 radical (unpaired) electrons. The first-order chi connectivity index (χ1) is 10.8. The average molecular weight is 290 g/mol. The second kappa shape index (κ2) is 6.10. The zero-order valence-electron chi connectivity index (χ0n) is 12.1. The summed E-state index contributed by atoms with van der Waals surface area (Å²) in [5, 5.41) is 13.4. The number of aromatic nitrogens is 2. The maximum absolute atomic E-state index is 9.10. The number of fused-ring (bicyclic) bond motifs is 1. The summed E-state index contributed by atoms with van der Waals surface area (Å²) < 4.78 is 5.04. The minimum atomic E-state index is 0.397. The van der Waals surface area contributed by atoms with Crippen molar-refractivity contribution in [3.05, 3.63) is 59.9 Å². The van der Waals surface area contributed by atoms with Crippen LogP contribution in [0.4, 0.5) is 5.69 Å². The molecular formula is C17H14N4O. The molecule has 0 bridgehead atoms. The molecule has 22 heavy (non-hydrogen) atoms. The number of ether oxygens (including phenoxy) is 1. The molecule has 2 aromatic heterocycles. The highest BCUT2D eigenvalue weighted by Crippen LogP contribution is 2.23. The van der Waals surface area contributed by atoms with E-state index >= 15 is 0 Å². The Balaban J connectivity index is 1.88. The minimum absolute atomic E-state index is 0.397. The topological polar surface area (TPSA) is 70.8 Å². The van der Waals surface area contributed by atoms with E-state index in [0.717, 1.165) is 22.2 Å². The number of benzene rings is 1. The molecule has 5 heteroatoms. The zero-order chi connectivity index (χ0) is 15.4. The fourth-order valence-electron chi connectivity index (χ4n) is 2.21. The molecule has 1 aromatic carbocycles. The summed E-state index contributed by atoms with van der Waals surface area (Å²) in [5.41, 5.74) is 3.11. The Bertz CT molecular complexity index is 837. The second-order valence-corrected chi connectivity index (χ2v) is 4.75. The van der Waals surface area contributed by atoms with E-state index in [9.17, 15) is 0 Å². The van der Waals surface area contributed by atoms with E-state index in [1.807, 2.05) is 36.4 Å². The Morgan fingerprint density at radius 2 is 2.09 bits per heavy atom. The SMILES string of the molecule is COc1ccc(CNc2cc(C#N)nc3ccccc23)cn1. The maximum Gasteiger partial charge on any atom is 0.212 e. The van der Waals surface area contributed by atoms with Crippen molar-refractivity contribution in [2.75, 3.05) is 12.4 Å². The van der Waals surface area contributed by atoms with E-state index in [1.54, 1.807) is 19.4 Å². The molecule has 0 aliphatic rings. The lowest BCUT2D eigenvalue weighted by atomic mass is 10.1. The van der Waals surface area contributed by atoms with Crippen LogP contribution in [0.15, 0.2) is 48.7 Å². The first-order valence-corrected chi connectivity index (χ1v) is 6.83. The van der Waals surface area contributed by atoms with Crippen LogP contribution in [-0.4, -0.2) is 17.1 Å². The standard InChI is InChI=1S/C17H14N4O/c1-22-17-7-6-12(11-20-17)10-19-16-8-13(9-18)21-15-5-3-2-4-14(15)16/h2-8,11H,10H2,1H3,(H,19,21). The summed E-state index contributed by atoms with van der Waals surface area (Å²) in [6, 6.07) is 15.4. The summed E-state index contributed by atoms with van der Waals surface area (Å²) in [4.78, 5) is 8.48. The lowest BCUT2D eigenvalue weighted by molar-refractivity contribution is 0.397. The van der Waals surface area contributed by atoms with Gasteiger partial charge in [-0.3, -0.25) is 0 Å². The van der Waals surface area contributed by atoms with Crippen molar-refractivity contribution in [1.29, 1.82) is 5.26 Å². The molecule has 0 aliphatic carbocycles. The number of rotatable bonds is 4. The van der Waals surface area contributed by atoms with Crippen molar-refractivity contribution >= 4 is 16.6 Å². The van der Waals surface area contributed by atoms with Crippen LogP contribution in [-0.2, 0) is 6.54 Å². The smallest absolute Gasteiger partial charge is 0.212 e. The molecule has 2 heterocycles. The van der Waals surface area contributed by atoms with Gasteiger partial charge in [0.25, 0.3) is 0 Å². The van der Waals surface area contributed by atoms with Gasteiger partial charge in [0.2, 0.25) is 5.88 Å². The largest absolute Gasteiger partial charge is 0.481 e. The zero-order valence-corrected chi connectivity index (χ0v) is 12.1. The summed E-state index contributed by atoms with van der Waals surface area (Å²) in [6.45, 7) is 0.607. The van der Waals surface area contributed by atoms with Crippen molar-refractivity contribution in [3.8, 4) is 11.9 Å². The van der Waals surface area contributed by atoms with Crippen LogP contribution < -0.4 is 10.1 Å². The van der Waals surface area contributed by atoms with Crippen LogP contribution >= 0.6 is 0 Å². The Morgan fingerprint density at radius 1 is 1.23 bits per heavy atom. The van der Waals surface area contributed by atoms with Gasteiger partial charge in [0.15, 0.2) is 0 Å². The van der Waals surface area contributed by atoms with Crippen molar-refractivity contribution in [2.45, 2.75) is 6.54 Å². The third-order valence-electron chi connectivity index (χ3n) is 3.32. The molecule has 0 unspecified atom stereocenters. The molecule has 0 amide bonds. The van der Waals surface area contributed by atoms with Gasteiger partial charge in [-0.2, -0.15) is 5.26 Å². The van der Waals surface area contributed by atoms with Crippen molar-refractivity contribution in [1.82, 2.24) is 9.97 Å². The molecule has 3 rings (SSSR count). The van der Waals surface area contributed by atoms with Crippen LogP contribution in [0.3, 0.4) is 0 Å². The van der Waals surface area contributed by atoms with Gasteiger partial charge < -0.3 is 10.1 Å². The highest BCUT2D eigenvalue weighted by Gasteiger charge is 2.05. The van der Waals surface area contributed by atoms with Gasteiger partial charge in [-0.05, 0) is 17.7 Å². The van der Waals surface area contributed by atoms with Gasteiger partial charge in [-0.1, -0.05) is 24.3 Å². The Labute approximate surface area is 128 Å². The molecule has 0 saturated carbocycles. The van der Waals surface area contributed by atoms with E-state index in [0.29, 0.717) is 18.1 Å². The van der Waals surface area contributed by atoms with Crippen molar-refractivity contribution in [3.63, 3.8) is 0 Å². The number of methoxy groups -OCH3 is 1. The minimum Gasteiger partial charge on any atom is -0.481 e. The summed E-state index contributed by atoms with van der Waals surface area (Å²) >= 11 is 0. The molecule has 0 fully saturated rings. The molecule has 5 nitrogen and oxygen atoms in total. The van der Waals surface area contributed by atoms with Crippen LogP contribution in [0.25, 0.3) is 10.9 Å². The predicted octanol–water partition coefficient (Wildman–Crippen LogP) is 3.12. The number of anilines is 1. The number of pyridine rings is 2. The van der Waals surface area contributed by atoms with Crippen LogP contribution in [0.5, 0.6) is 5.88 Å². The van der Waals surface area contributed by atoms with E-state index in [2.05, 4.69) is 21.4 Å². The number of para-hydroxylation sites is 1. The fraction of sp³-hybridized carbons (Fsp3) is 0.118. The van der Waals surface area contributed by atoms with E-state index < -0.39 is 0 Å². The first kappa shape index (κ1) is 13.8. The van der Waals surface area contributed by atoms with Gasteiger partial charge in [-0.25, -0.2) is 9.97 Å². The summed E-state index contributed by atoms with van der Waals surface area (Å²) in [5.74, 6) is 0.588. The van der Waals surface area contributed by atoms with Gasteiger partial charge in [-0.15, -0.1) is 0 Å². The predicted molar refractivity (Wildman–Crippen MR) is 84.6 cm³/mol. The van der Waals surface area contributed by atoms with E-state index in [-0.39, 0.29) is 0 Å². The maximum atomic E-state index is 9.10. The molecule has 0 atom stereocenters. The fourth-order valence-corrected chi connectivity index (χ4v) is 2.21. The molecular weight excluding hydrogens is 276 g/mol. The number of nitrogens with one attached hydrogen (secondary N) is 1. The van der Waals surface area contributed by atoms with Crippen LogP contribution in [0.1, 0.15) is 11.3 Å². The van der Waals surface area contributed by atoms with Gasteiger partial charge in [0.1, 0.15) is 11.8 Å². The quantitative estimate of drug-likeness (QED) is 0.799. The van der Waals surface area contributed by atoms with Crippen LogP contribution in [0, 0.1) is 11.3 Å². The Hall–Kier alpha value is -3.13.